The van der Waals surface area contributed by atoms with E-state index in [9.17, 15) is 43.5 Å². The first kappa shape index (κ1) is 57.8. The fourth-order valence-corrected chi connectivity index (χ4v) is 8.60. The van der Waals surface area contributed by atoms with E-state index in [4.69, 9.17) is 16.9 Å². The summed E-state index contributed by atoms with van der Waals surface area (Å²) in [5.41, 5.74) is 12.8. The molecule has 1 aliphatic heterocycles. The number of rotatable bonds is 27. The molecule has 6 atom stereocenters. The van der Waals surface area contributed by atoms with Crippen molar-refractivity contribution in [3.05, 3.63) is 82.9 Å². The summed E-state index contributed by atoms with van der Waals surface area (Å²) in [7, 11) is 1.42. The first-order valence-corrected chi connectivity index (χ1v) is 25.2. The van der Waals surface area contributed by atoms with Crippen LogP contribution in [0.1, 0.15) is 70.6 Å². The van der Waals surface area contributed by atoms with Gasteiger partial charge in [0.05, 0.1) is 29.3 Å². The summed E-state index contributed by atoms with van der Waals surface area (Å²) in [4.78, 5) is 123. The molecule has 4 aromatic rings. The summed E-state index contributed by atoms with van der Waals surface area (Å²) in [6.07, 6.45) is 6.70. The molecular formula is C50H72N16O9. The Morgan fingerprint density at radius 2 is 1.48 bits per heavy atom. The number of phenols is 1. The van der Waals surface area contributed by atoms with Crippen LogP contribution in [0.3, 0.4) is 0 Å². The van der Waals surface area contributed by atoms with Crippen LogP contribution in [0.2, 0.25) is 0 Å². The van der Waals surface area contributed by atoms with Crippen molar-refractivity contribution in [2.24, 2.45) is 17.4 Å². The first-order valence-electron chi connectivity index (χ1n) is 25.2. The van der Waals surface area contributed by atoms with E-state index >= 15 is 0 Å². The number of unbranched alkanes of at least 4 members (excludes halogenated alkanes) is 1. The van der Waals surface area contributed by atoms with Gasteiger partial charge in [0, 0.05) is 71.4 Å². The van der Waals surface area contributed by atoms with E-state index in [1.807, 2.05) is 24.8 Å². The third-order valence-corrected chi connectivity index (χ3v) is 13.0. The molecule has 1 aliphatic rings. The van der Waals surface area contributed by atoms with Crippen molar-refractivity contribution >= 4 is 63.9 Å². The number of phenolic OH excluding ortho intramolecular Hbond substituents is 1. The minimum absolute atomic E-state index is 0.0181. The number of amides is 7. The largest absolute Gasteiger partial charge is 0.508 e. The van der Waals surface area contributed by atoms with E-state index in [0.29, 0.717) is 80.9 Å². The Balaban J connectivity index is 1.28. The molecule has 2 aromatic carbocycles. The number of fused-ring (bicyclic) bond motifs is 1. The van der Waals surface area contributed by atoms with Crippen molar-refractivity contribution in [1.29, 1.82) is 5.41 Å². The Labute approximate surface area is 434 Å². The Kier molecular flexibility index (Phi) is 21.9. The van der Waals surface area contributed by atoms with Gasteiger partial charge in [0.15, 0.2) is 5.96 Å². The monoisotopic (exact) mass is 1040 g/mol. The molecule has 0 saturated carbocycles. The number of aromatic amines is 1. The molecule has 2 aromatic heterocycles. The topological polar surface area (TPSA) is 370 Å². The maximum atomic E-state index is 14.1. The number of nitrogens with two attached hydrogens (primary N) is 2. The maximum Gasteiger partial charge on any atom is 0.261 e. The summed E-state index contributed by atoms with van der Waals surface area (Å²) in [6, 6.07) is 6.07. The standard InChI is InChI=1S/C50H72N16O9/c1-5-30(2)43(59-31(3)67)47(73)61-39(9-6-7-17-51)49(75)65-21-19-64(20-22-65)34-13-16-37-36(25-34)48(74)66(29-58-37)27-42(69)60-38(10-8-18-56-50(52)53)45(71)63-41(24-33-26-55-28-57-33)46(72)62-40(44(70)54-4)23-32-11-14-35(68)15-12-32/h11-16,25-26,28-30,38-41,43,68H,5-10,17-24,27,51H2,1-4H3,(H,54,70)(H,55,57)(H,59,67)(H,60,69)(H,61,73)(H,62,72)(H,63,71)(H4,52,53,56)/t30-,38-,39-,40-,41-,43-/m0/s1. The van der Waals surface area contributed by atoms with E-state index in [0.717, 1.165) is 4.57 Å². The first-order chi connectivity index (χ1) is 35.9. The van der Waals surface area contributed by atoms with Crippen LogP contribution in [0.4, 0.5) is 5.69 Å². The van der Waals surface area contributed by atoms with Crippen LogP contribution < -0.4 is 59.1 Å². The number of benzene rings is 2. The van der Waals surface area contributed by atoms with Gasteiger partial charge in [0.1, 0.15) is 42.5 Å². The fraction of sp³-hybridized carbons (Fsp3) is 0.500. The molecule has 1 saturated heterocycles. The van der Waals surface area contributed by atoms with E-state index in [2.05, 4.69) is 52.2 Å². The number of nitrogens with one attached hydrogen (secondary N) is 9. The van der Waals surface area contributed by atoms with Gasteiger partial charge in [-0.25, -0.2) is 9.97 Å². The van der Waals surface area contributed by atoms with Gasteiger partial charge >= 0.3 is 0 Å². The number of carbonyl (C=O) groups is 7. The minimum atomic E-state index is -1.28. The second kappa shape index (κ2) is 28.4. The number of imidazole rings is 1. The van der Waals surface area contributed by atoms with Crippen LogP contribution in [0.5, 0.6) is 5.75 Å². The number of guanidine groups is 1. The lowest BCUT2D eigenvalue weighted by molar-refractivity contribution is -0.138. The van der Waals surface area contributed by atoms with Crippen LogP contribution in [-0.2, 0) is 52.9 Å². The smallest absolute Gasteiger partial charge is 0.261 e. The number of hydrogen-bond acceptors (Lipinski definition) is 14. The molecule has 0 bridgehead atoms. The lowest BCUT2D eigenvalue weighted by Gasteiger charge is -2.38. The molecule has 3 heterocycles. The zero-order chi connectivity index (χ0) is 54.6. The normalized spacial score (nSPS) is 14.8. The lowest BCUT2D eigenvalue weighted by atomic mass is 9.97. The zero-order valence-corrected chi connectivity index (χ0v) is 42.9. The minimum Gasteiger partial charge on any atom is -0.508 e. The summed E-state index contributed by atoms with van der Waals surface area (Å²) < 4.78 is 1.11. The molecule has 25 nitrogen and oxygen atoms in total. The predicted octanol–water partition coefficient (Wildman–Crippen LogP) is -1.41. The number of hydrogen-bond donors (Lipinski definition) is 12. The van der Waals surface area contributed by atoms with E-state index < -0.39 is 71.8 Å². The van der Waals surface area contributed by atoms with Crippen LogP contribution >= 0.6 is 0 Å². The van der Waals surface area contributed by atoms with Crippen molar-refractivity contribution < 1.29 is 38.7 Å². The molecule has 0 spiro atoms. The highest BCUT2D eigenvalue weighted by Crippen LogP contribution is 2.22. The summed E-state index contributed by atoms with van der Waals surface area (Å²) in [5, 5.41) is 36.4. The van der Waals surface area contributed by atoms with Gasteiger partial charge in [-0.1, -0.05) is 32.4 Å². The predicted molar refractivity (Wildman–Crippen MR) is 280 cm³/mol. The van der Waals surface area contributed by atoms with Gasteiger partial charge in [-0.3, -0.25) is 48.3 Å². The molecule has 0 aliphatic carbocycles. The van der Waals surface area contributed by atoms with Gasteiger partial charge in [0.25, 0.3) is 5.56 Å². The van der Waals surface area contributed by atoms with Gasteiger partial charge in [0.2, 0.25) is 41.4 Å². The molecule has 14 N–H and O–H groups in total. The zero-order valence-electron chi connectivity index (χ0n) is 42.9. The number of carbonyl (C=O) groups excluding carboxylic acids is 7. The van der Waals surface area contributed by atoms with Crippen molar-refractivity contribution in [3.8, 4) is 5.75 Å². The highest BCUT2D eigenvalue weighted by Gasteiger charge is 2.34. The summed E-state index contributed by atoms with van der Waals surface area (Å²) in [6.45, 7) is 6.66. The molecule has 1 fully saturated rings. The Morgan fingerprint density at radius 1 is 0.813 bits per heavy atom. The average Bonchev–Trinajstić information content (AvgIpc) is 3.92. The molecule has 75 heavy (non-hydrogen) atoms. The van der Waals surface area contributed by atoms with Crippen molar-refractivity contribution in [2.75, 3.05) is 51.2 Å². The van der Waals surface area contributed by atoms with Crippen LogP contribution in [0.15, 0.2) is 66.1 Å². The number of anilines is 1. The number of nitrogens with zero attached hydrogens (tertiary/aromatic N) is 5. The quantitative estimate of drug-likeness (QED) is 0.0185. The average molecular weight is 1040 g/mol. The number of likely N-dealkylation sites (N-methyl/N-ethyl adjacent to an activating group) is 1. The van der Waals surface area contributed by atoms with Crippen molar-refractivity contribution in [1.82, 2.24) is 61.6 Å². The summed E-state index contributed by atoms with van der Waals surface area (Å²) >= 11 is 0. The molecule has 7 amide bonds. The SMILES string of the molecule is CC[C@H](C)[C@H](NC(C)=O)C(=O)N[C@@H](CCCCN)C(=O)N1CCN(c2ccc3ncn(CC(=O)N[C@@H](CCCNC(=N)N)C(=O)N[C@@H](Cc4c[nH]cn4)C(=O)N[C@@H](Cc4ccc(O)cc4)C(=O)NC)c(=O)c3c2)CC1. The van der Waals surface area contributed by atoms with Gasteiger partial charge in [-0.2, -0.15) is 0 Å². The van der Waals surface area contributed by atoms with Gasteiger partial charge < -0.3 is 68.6 Å². The van der Waals surface area contributed by atoms with Gasteiger partial charge in [-0.05, 0) is 80.5 Å². The third kappa shape index (κ3) is 17.3. The molecular weight excluding hydrogens is 969 g/mol. The summed E-state index contributed by atoms with van der Waals surface area (Å²) in [5.74, 6) is -4.15. The lowest BCUT2D eigenvalue weighted by Crippen LogP contribution is -2.58. The molecule has 25 heteroatoms. The highest BCUT2D eigenvalue weighted by atomic mass is 16.3. The fourth-order valence-electron chi connectivity index (χ4n) is 8.60. The molecule has 0 unspecified atom stereocenters. The highest BCUT2D eigenvalue weighted by molar-refractivity contribution is 5.95. The second-order valence-corrected chi connectivity index (χ2v) is 18.6. The van der Waals surface area contributed by atoms with Crippen LogP contribution in [0.25, 0.3) is 10.9 Å². The van der Waals surface area contributed by atoms with Gasteiger partial charge in [-0.15, -0.1) is 0 Å². The number of aromatic hydroxyl groups is 1. The number of piperazine rings is 1. The molecule has 0 radical (unpaired) electrons. The number of aromatic nitrogens is 4. The van der Waals surface area contributed by atoms with Crippen molar-refractivity contribution in [2.45, 2.75) is 109 Å². The third-order valence-electron chi connectivity index (χ3n) is 13.0. The Hall–Kier alpha value is -8.09. The Bertz CT molecular complexity index is 2660. The van der Waals surface area contributed by atoms with E-state index in [1.54, 1.807) is 35.4 Å². The molecule has 5 rings (SSSR count). The molecule has 406 valence electrons. The van der Waals surface area contributed by atoms with Crippen LogP contribution in [0, 0.1) is 11.3 Å². The maximum absolute atomic E-state index is 14.1. The van der Waals surface area contributed by atoms with Crippen LogP contribution in [-0.4, -0.2) is 153 Å². The van der Waals surface area contributed by atoms with Crippen molar-refractivity contribution in [3.63, 3.8) is 0 Å². The Morgan fingerprint density at radius 3 is 2.11 bits per heavy atom. The van der Waals surface area contributed by atoms with E-state index in [-0.39, 0.29) is 67.1 Å². The number of H-pyrrole nitrogens is 1. The second-order valence-electron chi connectivity index (χ2n) is 18.6. The van der Waals surface area contributed by atoms with E-state index in [1.165, 1.54) is 38.8 Å².